The summed E-state index contributed by atoms with van der Waals surface area (Å²) in [5, 5.41) is 11.1. The third kappa shape index (κ3) is 4.96. The Bertz CT molecular complexity index is 1110. The fraction of sp³-hybridized carbons (Fsp3) is 0.524. The van der Waals surface area contributed by atoms with E-state index in [1.165, 1.54) is 10.6 Å². The van der Waals surface area contributed by atoms with Gasteiger partial charge in [-0.1, -0.05) is 23.8 Å². The molecule has 0 bridgehead atoms. The van der Waals surface area contributed by atoms with Gasteiger partial charge in [-0.25, -0.2) is 12.7 Å². The van der Waals surface area contributed by atoms with Gasteiger partial charge in [0.2, 0.25) is 10.0 Å². The van der Waals surface area contributed by atoms with Crippen molar-refractivity contribution in [2.24, 2.45) is 5.92 Å². The van der Waals surface area contributed by atoms with Crippen LogP contribution in [0.15, 0.2) is 29.5 Å². The van der Waals surface area contributed by atoms with Gasteiger partial charge in [0.05, 0.1) is 12.5 Å². The standard InChI is InChI=1S/C21H29NO6S2/c1-13-8-14(2)19(15(3)9-13)20-18(28-30(5,26)27)11-17(21(20)23)10-16-6-7-22(12-16)29(4,24)25/h8-10,16,21,23H,6-7,11-12H2,1-5H3. The molecule has 2 unspecified atom stereocenters. The molecule has 166 valence electrons. The van der Waals surface area contributed by atoms with Crippen molar-refractivity contribution in [3.8, 4) is 0 Å². The van der Waals surface area contributed by atoms with Crippen molar-refractivity contribution in [1.29, 1.82) is 0 Å². The molecule has 9 heteroatoms. The maximum atomic E-state index is 11.9. The van der Waals surface area contributed by atoms with Crippen molar-refractivity contribution >= 4 is 25.7 Å². The molecule has 1 aromatic carbocycles. The molecule has 0 radical (unpaired) electrons. The van der Waals surface area contributed by atoms with Gasteiger partial charge in [-0.3, -0.25) is 0 Å². The molecule has 7 nitrogen and oxygen atoms in total. The Morgan fingerprint density at radius 2 is 1.70 bits per heavy atom. The second-order valence-electron chi connectivity index (χ2n) is 8.39. The quantitative estimate of drug-likeness (QED) is 0.540. The fourth-order valence-electron chi connectivity index (χ4n) is 4.50. The molecule has 2 atom stereocenters. The number of nitrogens with zero attached hydrogens (tertiary/aromatic N) is 1. The van der Waals surface area contributed by atoms with Crippen molar-refractivity contribution in [2.45, 2.75) is 39.7 Å². The normalized spacial score (nSPS) is 24.8. The molecule has 1 saturated heterocycles. The molecule has 0 spiro atoms. The number of aryl methyl sites for hydroxylation is 3. The van der Waals surface area contributed by atoms with Crippen LogP contribution in [-0.4, -0.2) is 58.0 Å². The highest BCUT2D eigenvalue weighted by Crippen LogP contribution is 2.42. The number of sulfonamides is 1. The van der Waals surface area contributed by atoms with Crippen LogP contribution in [0.4, 0.5) is 0 Å². The first-order chi connectivity index (χ1) is 13.8. The second kappa shape index (κ2) is 8.11. The van der Waals surface area contributed by atoms with Crippen LogP contribution in [0, 0.1) is 26.7 Å². The van der Waals surface area contributed by atoms with Crippen LogP contribution < -0.4 is 0 Å². The Balaban J connectivity index is 2.00. The predicted octanol–water partition coefficient (Wildman–Crippen LogP) is 2.27. The lowest BCUT2D eigenvalue weighted by Gasteiger charge is -2.18. The number of benzene rings is 1. The molecule has 2 aliphatic rings. The monoisotopic (exact) mass is 455 g/mol. The van der Waals surface area contributed by atoms with Crippen molar-refractivity contribution in [3.05, 3.63) is 51.8 Å². The Morgan fingerprint density at radius 1 is 1.10 bits per heavy atom. The van der Waals surface area contributed by atoms with Crippen molar-refractivity contribution in [3.63, 3.8) is 0 Å². The Morgan fingerprint density at radius 3 is 2.20 bits per heavy atom. The maximum absolute atomic E-state index is 11.9. The van der Waals surface area contributed by atoms with Gasteiger partial charge in [0.25, 0.3) is 0 Å². The first-order valence-electron chi connectivity index (χ1n) is 9.80. The molecule has 1 N–H and O–H groups in total. The van der Waals surface area contributed by atoms with Gasteiger partial charge in [0, 0.05) is 25.1 Å². The first-order valence-corrected chi connectivity index (χ1v) is 13.5. The number of allylic oxidation sites excluding steroid dienone is 1. The molecule has 1 aromatic rings. The summed E-state index contributed by atoms with van der Waals surface area (Å²) in [7, 11) is -7.03. The zero-order valence-electron chi connectivity index (χ0n) is 18.0. The zero-order valence-corrected chi connectivity index (χ0v) is 19.6. The molecular weight excluding hydrogens is 426 g/mol. The molecule has 0 saturated carbocycles. The van der Waals surface area contributed by atoms with Crippen molar-refractivity contribution in [1.82, 2.24) is 4.31 Å². The summed E-state index contributed by atoms with van der Waals surface area (Å²) >= 11 is 0. The third-order valence-corrected chi connectivity index (χ3v) is 7.37. The van der Waals surface area contributed by atoms with Crippen LogP contribution in [0.2, 0.25) is 0 Å². The van der Waals surface area contributed by atoms with E-state index in [4.69, 9.17) is 4.18 Å². The second-order valence-corrected chi connectivity index (χ2v) is 11.9. The molecule has 1 heterocycles. The van der Waals surface area contributed by atoms with E-state index in [9.17, 15) is 21.9 Å². The molecule has 30 heavy (non-hydrogen) atoms. The molecule has 3 rings (SSSR count). The maximum Gasteiger partial charge on any atom is 0.305 e. The lowest BCUT2D eigenvalue weighted by molar-refractivity contribution is 0.269. The van der Waals surface area contributed by atoms with E-state index in [-0.39, 0.29) is 18.1 Å². The average Bonchev–Trinajstić information content (AvgIpc) is 3.13. The minimum absolute atomic E-state index is 0.0385. The third-order valence-electron chi connectivity index (χ3n) is 5.59. The van der Waals surface area contributed by atoms with Crippen LogP contribution in [-0.2, 0) is 24.3 Å². The van der Waals surface area contributed by atoms with Crippen LogP contribution >= 0.6 is 0 Å². The number of aliphatic hydroxyl groups is 1. The van der Waals surface area contributed by atoms with E-state index in [0.717, 1.165) is 28.5 Å². The average molecular weight is 456 g/mol. The lowest BCUT2D eigenvalue weighted by Crippen LogP contribution is -2.27. The Kier molecular flexibility index (Phi) is 6.21. The summed E-state index contributed by atoms with van der Waals surface area (Å²) in [5.74, 6) is 0.188. The van der Waals surface area contributed by atoms with E-state index in [2.05, 4.69) is 0 Å². The molecule has 1 aliphatic heterocycles. The summed E-state index contributed by atoms with van der Waals surface area (Å²) in [6.07, 6.45) is 3.88. The van der Waals surface area contributed by atoms with Crippen LogP contribution in [0.25, 0.3) is 5.57 Å². The van der Waals surface area contributed by atoms with E-state index in [0.29, 0.717) is 30.7 Å². The van der Waals surface area contributed by atoms with Gasteiger partial charge in [-0.15, -0.1) is 0 Å². The van der Waals surface area contributed by atoms with E-state index >= 15 is 0 Å². The van der Waals surface area contributed by atoms with Gasteiger partial charge in [-0.2, -0.15) is 8.42 Å². The van der Waals surface area contributed by atoms with Crippen LogP contribution in [0.3, 0.4) is 0 Å². The number of aliphatic hydroxyl groups excluding tert-OH is 1. The fourth-order valence-corrected chi connectivity index (χ4v) is 5.91. The Hall–Kier alpha value is -1.68. The Labute approximate surface area is 179 Å². The van der Waals surface area contributed by atoms with E-state index < -0.39 is 26.2 Å². The van der Waals surface area contributed by atoms with Gasteiger partial charge in [0.1, 0.15) is 11.9 Å². The summed E-state index contributed by atoms with van der Waals surface area (Å²) in [6.45, 7) is 6.63. The molecule has 0 amide bonds. The zero-order chi connectivity index (χ0) is 22.4. The van der Waals surface area contributed by atoms with Gasteiger partial charge in [-0.05, 0) is 55.4 Å². The SMILES string of the molecule is Cc1cc(C)c(C2=C(OS(C)(=O)=O)CC(=CC3CCN(S(C)(=O)=O)C3)C2O)c(C)c1. The van der Waals surface area contributed by atoms with Gasteiger partial charge >= 0.3 is 10.1 Å². The highest BCUT2D eigenvalue weighted by molar-refractivity contribution is 7.88. The van der Waals surface area contributed by atoms with Gasteiger partial charge < -0.3 is 9.29 Å². The van der Waals surface area contributed by atoms with Crippen LogP contribution in [0.5, 0.6) is 0 Å². The highest BCUT2D eigenvalue weighted by atomic mass is 32.2. The summed E-state index contributed by atoms with van der Waals surface area (Å²) in [6, 6.07) is 3.98. The number of hydrogen-bond acceptors (Lipinski definition) is 6. The highest BCUT2D eigenvalue weighted by Gasteiger charge is 2.36. The molecule has 1 aliphatic carbocycles. The minimum Gasteiger partial charge on any atom is -0.386 e. The summed E-state index contributed by atoms with van der Waals surface area (Å²) in [4.78, 5) is 0. The van der Waals surface area contributed by atoms with Crippen molar-refractivity contribution in [2.75, 3.05) is 25.6 Å². The first kappa shape index (κ1) is 23.0. The number of hydrogen-bond donors (Lipinski definition) is 1. The molecule has 1 fully saturated rings. The molecular formula is C21H29NO6S2. The lowest BCUT2D eigenvalue weighted by atomic mass is 9.90. The van der Waals surface area contributed by atoms with Gasteiger partial charge in [0.15, 0.2) is 0 Å². The van der Waals surface area contributed by atoms with Crippen LogP contribution in [0.1, 0.15) is 35.1 Å². The van der Waals surface area contributed by atoms with Crippen molar-refractivity contribution < 1.29 is 26.1 Å². The molecule has 0 aromatic heterocycles. The summed E-state index contributed by atoms with van der Waals surface area (Å²) < 4.78 is 54.0. The number of rotatable bonds is 5. The topological polar surface area (TPSA) is 101 Å². The minimum atomic E-state index is -3.77. The largest absolute Gasteiger partial charge is 0.386 e. The van der Waals surface area contributed by atoms with E-state index in [1.807, 2.05) is 39.0 Å². The summed E-state index contributed by atoms with van der Waals surface area (Å²) in [5.41, 5.74) is 4.85. The smallest absolute Gasteiger partial charge is 0.305 e. The van der Waals surface area contributed by atoms with E-state index in [1.54, 1.807) is 0 Å². The predicted molar refractivity (Wildman–Crippen MR) is 117 cm³/mol.